The Kier molecular flexibility index (Phi) is 4.75. The molecule has 4 nitrogen and oxygen atoms in total. The van der Waals surface area contributed by atoms with E-state index in [1.54, 1.807) is 7.11 Å². The quantitative estimate of drug-likeness (QED) is 0.721. The van der Waals surface area contributed by atoms with Crippen molar-refractivity contribution in [3.8, 4) is 17.2 Å². The lowest BCUT2D eigenvalue weighted by atomic mass is 9.98. The molecular weight excluding hydrogens is 326 g/mol. The maximum absolute atomic E-state index is 5.55. The summed E-state index contributed by atoms with van der Waals surface area (Å²) in [5.41, 5.74) is 3.56. The second-order valence-corrected chi connectivity index (χ2v) is 6.19. The normalized spacial score (nSPS) is 13.4. The van der Waals surface area contributed by atoms with Gasteiger partial charge in [-0.1, -0.05) is 48.5 Å². The molecule has 4 rings (SSSR count). The Hall–Kier alpha value is -2.98. The molecule has 0 fully saturated rings. The predicted octanol–water partition coefficient (Wildman–Crippen LogP) is 4.30. The first-order valence-corrected chi connectivity index (χ1v) is 8.64. The zero-order chi connectivity index (χ0) is 17.8. The molecule has 0 amide bonds. The predicted molar refractivity (Wildman–Crippen MR) is 101 cm³/mol. The monoisotopic (exact) mass is 347 g/mol. The number of fused-ring (bicyclic) bond motifs is 1. The number of hydrogen-bond donors (Lipinski definition) is 1. The lowest BCUT2D eigenvalue weighted by Gasteiger charge is -2.20. The van der Waals surface area contributed by atoms with Crippen molar-refractivity contribution in [2.24, 2.45) is 0 Å². The molecule has 0 saturated heterocycles. The molecule has 0 radical (unpaired) electrons. The summed E-state index contributed by atoms with van der Waals surface area (Å²) in [6.07, 6.45) is 0. The summed E-state index contributed by atoms with van der Waals surface area (Å²) in [6, 6.07) is 24.7. The molecule has 3 aromatic rings. The van der Waals surface area contributed by atoms with Crippen molar-refractivity contribution >= 4 is 0 Å². The minimum absolute atomic E-state index is 0.0628. The lowest BCUT2D eigenvalue weighted by molar-refractivity contribution is 0.174. The molecule has 0 bridgehead atoms. The van der Waals surface area contributed by atoms with Gasteiger partial charge in [0.15, 0.2) is 11.5 Å². The third kappa shape index (κ3) is 3.51. The molecule has 1 atom stereocenters. The van der Waals surface area contributed by atoms with Crippen LogP contribution in [0.25, 0.3) is 0 Å². The first-order valence-electron chi connectivity index (χ1n) is 8.64. The number of nitrogens with one attached hydrogen (secondary N) is 1. The van der Waals surface area contributed by atoms with E-state index >= 15 is 0 Å². The van der Waals surface area contributed by atoms with E-state index in [1.165, 1.54) is 11.1 Å². The highest BCUT2D eigenvalue weighted by Crippen LogP contribution is 2.35. The van der Waals surface area contributed by atoms with Crippen molar-refractivity contribution in [3.63, 3.8) is 0 Å². The van der Waals surface area contributed by atoms with E-state index in [2.05, 4.69) is 53.8 Å². The molecule has 26 heavy (non-hydrogen) atoms. The number of ether oxygens (including phenoxy) is 3. The van der Waals surface area contributed by atoms with Gasteiger partial charge in [-0.05, 0) is 41.0 Å². The molecule has 0 spiro atoms. The topological polar surface area (TPSA) is 39.7 Å². The molecule has 1 aliphatic heterocycles. The summed E-state index contributed by atoms with van der Waals surface area (Å²) in [6.45, 7) is 1.03. The fourth-order valence-electron chi connectivity index (χ4n) is 3.13. The summed E-state index contributed by atoms with van der Waals surface area (Å²) in [5, 5.41) is 3.66. The highest BCUT2D eigenvalue weighted by Gasteiger charge is 2.19. The smallest absolute Gasteiger partial charge is 0.231 e. The van der Waals surface area contributed by atoms with Gasteiger partial charge in [0, 0.05) is 6.54 Å². The largest absolute Gasteiger partial charge is 0.497 e. The van der Waals surface area contributed by atoms with Crippen LogP contribution in [0.4, 0.5) is 0 Å². The Morgan fingerprint density at radius 2 is 1.65 bits per heavy atom. The van der Waals surface area contributed by atoms with E-state index in [4.69, 9.17) is 14.2 Å². The van der Waals surface area contributed by atoms with Crippen LogP contribution in [-0.2, 0) is 6.54 Å². The van der Waals surface area contributed by atoms with Gasteiger partial charge >= 0.3 is 0 Å². The van der Waals surface area contributed by atoms with Crippen LogP contribution >= 0.6 is 0 Å². The molecule has 1 heterocycles. The SMILES string of the molecule is COc1ccc(CN[C@H](c2ccccc2)c2ccc3c(c2)OCO3)cc1. The van der Waals surface area contributed by atoms with Gasteiger partial charge in [-0.15, -0.1) is 0 Å². The van der Waals surface area contributed by atoms with Crippen LogP contribution in [0, 0.1) is 0 Å². The molecule has 0 saturated carbocycles. The highest BCUT2D eigenvalue weighted by molar-refractivity contribution is 5.47. The number of methoxy groups -OCH3 is 1. The molecule has 4 heteroatoms. The van der Waals surface area contributed by atoms with Crippen molar-refractivity contribution in [3.05, 3.63) is 89.5 Å². The summed E-state index contributed by atoms with van der Waals surface area (Å²) >= 11 is 0. The van der Waals surface area contributed by atoms with E-state index < -0.39 is 0 Å². The highest BCUT2D eigenvalue weighted by atomic mass is 16.7. The first-order chi connectivity index (χ1) is 12.8. The Morgan fingerprint density at radius 3 is 2.42 bits per heavy atom. The van der Waals surface area contributed by atoms with Gasteiger partial charge in [0.1, 0.15) is 5.75 Å². The number of hydrogen-bond acceptors (Lipinski definition) is 4. The Bertz CT molecular complexity index is 862. The third-order valence-electron chi connectivity index (χ3n) is 4.53. The van der Waals surface area contributed by atoms with E-state index in [-0.39, 0.29) is 12.8 Å². The fourth-order valence-corrected chi connectivity index (χ4v) is 3.13. The Balaban J connectivity index is 1.59. The molecule has 3 aromatic carbocycles. The van der Waals surface area contributed by atoms with Crippen LogP contribution in [-0.4, -0.2) is 13.9 Å². The summed E-state index contributed by atoms with van der Waals surface area (Å²) in [5.74, 6) is 2.47. The molecule has 1 N–H and O–H groups in total. The van der Waals surface area contributed by atoms with Crippen LogP contribution < -0.4 is 19.5 Å². The number of benzene rings is 3. The van der Waals surface area contributed by atoms with Crippen LogP contribution in [0.1, 0.15) is 22.7 Å². The van der Waals surface area contributed by atoms with E-state index in [9.17, 15) is 0 Å². The maximum Gasteiger partial charge on any atom is 0.231 e. The third-order valence-corrected chi connectivity index (χ3v) is 4.53. The average Bonchev–Trinajstić information content (AvgIpc) is 3.17. The molecule has 1 aliphatic rings. The van der Waals surface area contributed by atoms with Gasteiger partial charge in [0.25, 0.3) is 0 Å². The van der Waals surface area contributed by atoms with Gasteiger partial charge in [-0.2, -0.15) is 0 Å². The van der Waals surface area contributed by atoms with Gasteiger partial charge < -0.3 is 19.5 Å². The zero-order valence-electron chi connectivity index (χ0n) is 14.6. The minimum Gasteiger partial charge on any atom is -0.497 e. The van der Waals surface area contributed by atoms with Crippen molar-refractivity contribution in [1.82, 2.24) is 5.32 Å². The van der Waals surface area contributed by atoms with Gasteiger partial charge in [0.05, 0.1) is 13.2 Å². The van der Waals surface area contributed by atoms with Crippen LogP contribution in [0.15, 0.2) is 72.8 Å². The van der Waals surface area contributed by atoms with Gasteiger partial charge in [-0.25, -0.2) is 0 Å². The molecule has 0 aromatic heterocycles. The second kappa shape index (κ2) is 7.50. The zero-order valence-corrected chi connectivity index (χ0v) is 14.6. The molecule has 0 aliphatic carbocycles. The molecule has 132 valence electrons. The van der Waals surface area contributed by atoms with E-state index in [1.807, 2.05) is 24.3 Å². The lowest BCUT2D eigenvalue weighted by Crippen LogP contribution is -2.22. The standard InChI is InChI=1S/C22H21NO3/c1-24-19-10-7-16(8-11-19)14-23-22(17-5-3-2-4-6-17)18-9-12-20-21(13-18)26-15-25-20/h2-13,22-23H,14-15H2,1H3/t22-/m1/s1. The van der Waals surface area contributed by atoms with Crippen molar-refractivity contribution in [2.75, 3.05) is 13.9 Å². The van der Waals surface area contributed by atoms with Crippen molar-refractivity contribution in [2.45, 2.75) is 12.6 Å². The molecular formula is C22H21NO3. The summed E-state index contributed by atoms with van der Waals surface area (Å²) in [4.78, 5) is 0. The fraction of sp³-hybridized carbons (Fsp3) is 0.182. The minimum atomic E-state index is 0.0628. The van der Waals surface area contributed by atoms with E-state index in [0.717, 1.165) is 29.4 Å². The maximum atomic E-state index is 5.55. The first kappa shape index (κ1) is 16.5. The average molecular weight is 347 g/mol. The van der Waals surface area contributed by atoms with Crippen molar-refractivity contribution < 1.29 is 14.2 Å². The summed E-state index contributed by atoms with van der Waals surface area (Å²) < 4.78 is 16.2. The molecule has 0 unspecified atom stereocenters. The van der Waals surface area contributed by atoms with Crippen LogP contribution in [0.2, 0.25) is 0 Å². The number of rotatable bonds is 6. The van der Waals surface area contributed by atoms with Crippen LogP contribution in [0.3, 0.4) is 0 Å². The van der Waals surface area contributed by atoms with Crippen molar-refractivity contribution in [1.29, 1.82) is 0 Å². The van der Waals surface area contributed by atoms with E-state index in [0.29, 0.717) is 0 Å². The van der Waals surface area contributed by atoms with Crippen LogP contribution in [0.5, 0.6) is 17.2 Å². The Labute approximate surface area is 153 Å². The summed E-state index contributed by atoms with van der Waals surface area (Å²) in [7, 11) is 1.68. The van der Waals surface area contributed by atoms with Gasteiger partial charge in [0.2, 0.25) is 6.79 Å². The Morgan fingerprint density at radius 1 is 0.885 bits per heavy atom. The van der Waals surface area contributed by atoms with Gasteiger partial charge in [-0.3, -0.25) is 0 Å². The second-order valence-electron chi connectivity index (χ2n) is 6.19.